The molecule has 5 nitrogen and oxygen atoms in total. The lowest BCUT2D eigenvalue weighted by Gasteiger charge is -2.11. The Morgan fingerprint density at radius 1 is 1.59 bits per heavy atom. The first-order valence-electron chi connectivity index (χ1n) is 5.86. The number of rotatable bonds is 4. The Morgan fingerprint density at radius 3 is 2.94 bits per heavy atom. The number of hydrogen-bond acceptors (Lipinski definition) is 5. The number of aromatic nitrogens is 1. The summed E-state index contributed by atoms with van der Waals surface area (Å²) in [5.41, 5.74) is 11.2. The Labute approximate surface area is 105 Å². The monoisotopic (exact) mass is 254 g/mol. The molecule has 0 saturated heterocycles. The van der Waals surface area contributed by atoms with Gasteiger partial charge in [0.1, 0.15) is 10.6 Å². The maximum absolute atomic E-state index is 11.2. The van der Waals surface area contributed by atoms with Crippen molar-refractivity contribution in [2.45, 2.75) is 26.2 Å². The van der Waals surface area contributed by atoms with Gasteiger partial charge in [0.15, 0.2) is 5.82 Å². The highest BCUT2D eigenvalue weighted by Gasteiger charge is 2.22. The molecular formula is C11H18N4OS. The summed E-state index contributed by atoms with van der Waals surface area (Å²) < 4.78 is 3.95. The molecule has 1 heterocycles. The zero-order valence-electron chi connectivity index (χ0n) is 9.90. The molecule has 17 heavy (non-hydrogen) atoms. The third kappa shape index (κ3) is 2.69. The number of anilines is 2. The van der Waals surface area contributed by atoms with Crippen LogP contribution in [0.4, 0.5) is 10.8 Å². The summed E-state index contributed by atoms with van der Waals surface area (Å²) in [7, 11) is 0. The number of amides is 1. The van der Waals surface area contributed by atoms with Crippen LogP contribution in [0.15, 0.2) is 0 Å². The summed E-state index contributed by atoms with van der Waals surface area (Å²) in [5.74, 6) is 1.20. The van der Waals surface area contributed by atoms with E-state index in [4.69, 9.17) is 11.5 Å². The fraction of sp³-hybridized carbons (Fsp3) is 0.636. The molecule has 6 heteroatoms. The third-order valence-electron chi connectivity index (χ3n) is 3.32. The maximum Gasteiger partial charge on any atom is 0.255 e. The minimum absolute atomic E-state index is 0.227. The zero-order chi connectivity index (χ0) is 12.4. The van der Waals surface area contributed by atoms with Gasteiger partial charge in [-0.05, 0) is 36.2 Å². The van der Waals surface area contributed by atoms with Gasteiger partial charge in [-0.2, -0.15) is 4.37 Å². The molecule has 1 fully saturated rings. The molecular weight excluding hydrogens is 236 g/mol. The van der Waals surface area contributed by atoms with Crippen LogP contribution in [-0.2, 0) is 0 Å². The van der Waals surface area contributed by atoms with Gasteiger partial charge in [0.05, 0.1) is 0 Å². The molecule has 2 unspecified atom stereocenters. The first-order chi connectivity index (χ1) is 8.08. The van der Waals surface area contributed by atoms with Crippen LogP contribution >= 0.6 is 11.5 Å². The lowest BCUT2D eigenvalue weighted by Crippen LogP contribution is -2.17. The highest BCUT2D eigenvalue weighted by Crippen LogP contribution is 2.32. The molecule has 1 amide bonds. The number of carbonyl (C=O) groups is 1. The van der Waals surface area contributed by atoms with Gasteiger partial charge in [0, 0.05) is 6.54 Å². The average Bonchev–Trinajstić information content (AvgIpc) is 2.82. The summed E-state index contributed by atoms with van der Waals surface area (Å²) in [6.45, 7) is 3.14. The van der Waals surface area contributed by atoms with Crippen molar-refractivity contribution in [3.05, 3.63) is 5.56 Å². The van der Waals surface area contributed by atoms with Crippen molar-refractivity contribution >= 4 is 28.3 Å². The summed E-state index contributed by atoms with van der Waals surface area (Å²) in [5, 5.41) is 3.96. The molecule has 5 N–H and O–H groups in total. The van der Waals surface area contributed by atoms with Gasteiger partial charge < -0.3 is 16.8 Å². The van der Waals surface area contributed by atoms with Crippen LogP contribution in [0.5, 0.6) is 0 Å². The van der Waals surface area contributed by atoms with Crippen LogP contribution in [0, 0.1) is 11.8 Å². The Balaban J connectivity index is 1.97. The molecule has 0 radical (unpaired) electrons. The average molecular weight is 254 g/mol. The van der Waals surface area contributed by atoms with Gasteiger partial charge in [-0.15, -0.1) is 0 Å². The van der Waals surface area contributed by atoms with Crippen molar-refractivity contribution in [2.75, 3.05) is 17.6 Å². The summed E-state index contributed by atoms with van der Waals surface area (Å²) >= 11 is 1.20. The molecule has 1 aliphatic rings. The van der Waals surface area contributed by atoms with E-state index in [1.54, 1.807) is 0 Å². The summed E-state index contributed by atoms with van der Waals surface area (Å²) in [4.78, 5) is 11.2. The second-order valence-corrected chi connectivity index (χ2v) is 5.57. The largest absolute Gasteiger partial charge is 0.382 e. The van der Waals surface area contributed by atoms with Crippen molar-refractivity contribution < 1.29 is 4.79 Å². The van der Waals surface area contributed by atoms with E-state index in [1.165, 1.54) is 30.8 Å². The fourth-order valence-electron chi connectivity index (χ4n) is 2.41. The van der Waals surface area contributed by atoms with Gasteiger partial charge in [-0.25, -0.2) is 0 Å². The van der Waals surface area contributed by atoms with E-state index in [0.29, 0.717) is 16.5 Å². The third-order valence-corrected chi connectivity index (χ3v) is 4.14. The zero-order valence-corrected chi connectivity index (χ0v) is 10.7. The Kier molecular flexibility index (Phi) is 3.51. The number of primary amides is 1. The van der Waals surface area contributed by atoms with Gasteiger partial charge in [-0.1, -0.05) is 13.3 Å². The minimum atomic E-state index is -0.515. The molecule has 94 valence electrons. The number of carbonyl (C=O) groups excluding carboxylic acids is 1. The first-order valence-corrected chi connectivity index (χ1v) is 6.64. The van der Waals surface area contributed by atoms with Crippen molar-refractivity contribution in [2.24, 2.45) is 17.6 Å². The van der Waals surface area contributed by atoms with Gasteiger partial charge >= 0.3 is 0 Å². The minimum Gasteiger partial charge on any atom is -0.382 e. The molecule has 0 aromatic carbocycles. The highest BCUT2D eigenvalue weighted by molar-refractivity contribution is 7.11. The molecule has 1 aromatic heterocycles. The van der Waals surface area contributed by atoms with Crippen molar-refractivity contribution in [3.8, 4) is 0 Å². The fourth-order valence-corrected chi connectivity index (χ4v) is 3.13. The van der Waals surface area contributed by atoms with E-state index in [1.807, 2.05) is 0 Å². The predicted octanol–water partition coefficient (Wildman–Crippen LogP) is 1.67. The van der Waals surface area contributed by atoms with Crippen LogP contribution in [0.25, 0.3) is 0 Å². The summed E-state index contributed by atoms with van der Waals surface area (Å²) in [6, 6.07) is 0. The normalized spacial score (nSPS) is 23.8. The Hall–Kier alpha value is -1.30. The Bertz CT molecular complexity index is 418. The molecule has 1 saturated carbocycles. The van der Waals surface area contributed by atoms with Gasteiger partial charge in [0.2, 0.25) is 0 Å². The molecule has 1 aliphatic carbocycles. The van der Waals surface area contributed by atoms with Gasteiger partial charge in [0.25, 0.3) is 5.91 Å². The number of nitrogens with one attached hydrogen (secondary N) is 1. The maximum atomic E-state index is 11.2. The topological polar surface area (TPSA) is 94.0 Å². The number of nitrogens with two attached hydrogens (primary N) is 2. The standard InChI is InChI=1S/C11H18N4OS/c1-6-2-3-7(4-6)5-14-11-8(10(13)16)9(12)15-17-11/h6-7,14H,2-5H2,1H3,(H2,12,15)(H2,13,16). The molecule has 0 aliphatic heterocycles. The van der Waals surface area contributed by atoms with E-state index in [2.05, 4.69) is 16.6 Å². The van der Waals surface area contributed by atoms with Crippen LogP contribution in [0.1, 0.15) is 36.5 Å². The molecule has 0 bridgehead atoms. The predicted molar refractivity (Wildman–Crippen MR) is 70.0 cm³/mol. The highest BCUT2D eigenvalue weighted by atomic mass is 32.1. The molecule has 2 atom stereocenters. The van der Waals surface area contributed by atoms with Crippen molar-refractivity contribution in [3.63, 3.8) is 0 Å². The number of nitrogen functional groups attached to an aromatic ring is 1. The SMILES string of the molecule is CC1CCC(CNc2snc(N)c2C(N)=O)C1. The van der Waals surface area contributed by atoms with E-state index < -0.39 is 5.91 Å². The van der Waals surface area contributed by atoms with Gasteiger partial charge in [-0.3, -0.25) is 4.79 Å². The van der Waals surface area contributed by atoms with Crippen LogP contribution < -0.4 is 16.8 Å². The second-order valence-electron chi connectivity index (χ2n) is 4.80. The lowest BCUT2D eigenvalue weighted by atomic mass is 10.1. The number of hydrogen-bond donors (Lipinski definition) is 3. The molecule has 2 rings (SSSR count). The Morgan fingerprint density at radius 2 is 2.35 bits per heavy atom. The number of nitrogens with zero attached hydrogens (tertiary/aromatic N) is 1. The summed E-state index contributed by atoms with van der Waals surface area (Å²) in [6.07, 6.45) is 3.78. The van der Waals surface area contributed by atoms with Crippen LogP contribution in [0.3, 0.4) is 0 Å². The van der Waals surface area contributed by atoms with E-state index >= 15 is 0 Å². The van der Waals surface area contributed by atoms with E-state index in [0.717, 1.165) is 12.5 Å². The molecule has 0 spiro atoms. The second kappa shape index (κ2) is 4.91. The van der Waals surface area contributed by atoms with Crippen LogP contribution in [-0.4, -0.2) is 16.8 Å². The van der Waals surface area contributed by atoms with Crippen molar-refractivity contribution in [1.82, 2.24) is 4.37 Å². The van der Waals surface area contributed by atoms with Crippen molar-refractivity contribution in [1.29, 1.82) is 0 Å². The smallest absolute Gasteiger partial charge is 0.255 e. The quantitative estimate of drug-likeness (QED) is 0.761. The first kappa shape index (κ1) is 12.2. The van der Waals surface area contributed by atoms with E-state index in [9.17, 15) is 4.79 Å². The lowest BCUT2D eigenvalue weighted by molar-refractivity contribution is 0.100. The van der Waals surface area contributed by atoms with Crippen LogP contribution in [0.2, 0.25) is 0 Å². The molecule has 1 aromatic rings. The van der Waals surface area contributed by atoms with E-state index in [-0.39, 0.29) is 5.82 Å².